The van der Waals surface area contributed by atoms with Crippen molar-refractivity contribution < 1.29 is 10.0 Å². The van der Waals surface area contributed by atoms with Gasteiger partial charge in [0.2, 0.25) is 0 Å². The van der Waals surface area contributed by atoms with E-state index in [0.29, 0.717) is 10.6 Å². The fourth-order valence-corrected chi connectivity index (χ4v) is 1.24. The van der Waals surface area contributed by atoms with Crippen molar-refractivity contribution in [3.05, 3.63) is 38.9 Å². The minimum atomic E-state index is -0.799. The Hall–Kier alpha value is -1.13. The molecule has 0 amide bonds. The van der Waals surface area contributed by atoms with E-state index in [9.17, 15) is 15.2 Å². The van der Waals surface area contributed by atoms with Gasteiger partial charge in [-0.25, -0.2) is 0 Å². The summed E-state index contributed by atoms with van der Waals surface area (Å²) in [6.45, 7) is 1.50. The zero-order valence-corrected chi connectivity index (χ0v) is 7.65. The third-order valence-electron chi connectivity index (χ3n) is 1.64. The van der Waals surface area contributed by atoms with Crippen LogP contribution in [0, 0.1) is 10.1 Å². The molecule has 0 saturated carbocycles. The summed E-state index contributed by atoms with van der Waals surface area (Å²) >= 11 is 5.71. The molecule has 0 spiro atoms. The molecular formula is C8H8ClNO3. The molecule has 1 rings (SSSR count). The van der Waals surface area contributed by atoms with Crippen molar-refractivity contribution in [3.8, 4) is 0 Å². The fourth-order valence-electron chi connectivity index (χ4n) is 0.965. The van der Waals surface area contributed by atoms with Gasteiger partial charge >= 0.3 is 0 Å². The van der Waals surface area contributed by atoms with Gasteiger partial charge in [0.05, 0.1) is 11.0 Å². The highest BCUT2D eigenvalue weighted by Crippen LogP contribution is 2.26. The highest BCUT2D eigenvalue weighted by Gasteiger charge is 2.12. The SMILES string of the molecule is C[C@H](O)c1cc([N+](=O)[O-])ccc1Cl. The predicted molar refractivity (Wildman–Crippen MR) is 48.7 cm³/mol. The van der Waals surface area contributed by atoms with Gasteiger partial charge in [-0.2, -0.15) is 0 Å². The van der Waals surface area contributed by atoms with Gasteiger partial charge in [0.1, 0.15) is 0 Å². The van der Waals surface area contributed by atoms with Gasteiger partial charge in [0.25, 0.3) is 5.69 Å². The largest absolute Gasteiger partial charge is 0.389 e. The van der Waals surface area contributed by atoms with Crippen molar-refractivity contribution in [3.63, 3.8) is 0 Å². The van der Waals surface area contributed by atoms with Crippen LogP contribution in [0.5, 0.6) is 0 Å². The molecule has 13 heavy (non-hydrogen) atoms. The number of rotatable bonds is 2. The van der Waals surface area contributed by atoms with Crippen LogP contribution < -0.4 is 0 Å². The van der Waals surface area contributed by atoms with Gasteiger partial charge in [-0.15, -0.1) is 0 Å². The summed E-state index contributed by atoms with van der Waals surface area (Å²) in [5.74, 6) is 0. The van der Waals surface area contributed by atoms with E-state index >= 15 is 0 Å². The lowest BCUT2D eigenvalue weighted by Crippen LogP contribution is -1.95. The average molecular weight is 202 g/mol. The molecule has 0 aliphatic rings. The van der Waals surface area contributed by atoms with Crippen molar-refractivity contribution >= 4 is 17.3 Å². The van der Waals surface area contributed by atoms with Crippen molar-refractivity contribution in [2.24, 2.45) is 0 Å². The standard InChI is InChI=1S/C8H8ClNO3/c1-5(11)7-4-6(10(12)13)2-3-8(7)9/h2-5,11H,1H3/t5-/m0/s1. The summed E-state index contributed by atoms with van der Waals surface area (Å²) in [5, 5.41) is 19.9. The minimum absolute atomic E-state index is 0.0692. The number of halogens is 1. The van der Waals surface area contributed by atoms with Crippen LogP contribution >= 0.6 is 11.6 Å². The van der Waals surface area contributed by atoms with Crippen LogP contribution in [0.15, 0.2) is 18.2 Å². The summed E-state index contributed by atoms with van der Waals surface area (Å²) in [6, 6.07) is 3.98. The zero-order valence-electron chi connectivity index (χ0n) is 6.90. The van der Waals surface area contributed by atoms with Crippen LogP contribution in [0.3, 0.4) is 0 Å². The zero-order chi connectivity index (χ0) is 10.0. The maximum Gasteiger partial charge on any atom is 0.269 e. The normalized spacial score (nSPS) is 12.5. The van der Waals surface area contributed by atoms with E-state index in [2.05, 4.69) is 0 Å². The first kappa shape index (κ1) is 9.95. The van der Waals surface area contributed by atoms with Crippen LogP contribution in [0.4, 0.5) is 5.69 Å². The Morgan fingerprint density at radius 3 is 2.69 bits per heavy atom. The van der Waals surface area contributed by atoms with Gasteiger partial charge in [-0.05, 0) is 13.0 Å². The highest BCUT2D eigenvalue weighted by molar-refractivity contribution is 6.31. The summed E-state index contributed by atoms with van der Waals surface area (Å²) < 4.78 is 0. The lowest BCUT2D eigenvalue weighted by atomic mass is 10.1. The van der Waals surface area contributed by atoms with Gasteiger partial charge in [0.15, 0.2) is 0 Å². The second-order valence-electron chi connectivity index (χ2n) is 2.64. The Bertz CT molecular complexity index is 338. The topological polar surface area (TPSA) is 63.4 Å². The van der Waals surface area contributed by atoms with Gasteiger partial charge in [-0.3, -0.25) is 10.1 Å². The van der Waals surface area contributed by atoms with E-state index in [-0.39, 0.29) is 5.69 Å². The van der Waals surface area contributed by atoms with Crippen LogP contribution in [0.25, 0.3) is 0 Å². The molecule has 5 heteroatoms. The molecule has 0 heterocycles. The van der Waals surface area contributed by atoms with E-state index in [1.54, 1.807) is 0 Å². The highest BCUT2D eigenvalue weighted by atomic mass is 35.5. The van der Waals surface area contributed by atoms with Gasteiger partial charge < -0.3 is 5.11 Å². The minimum Gasteiger partial charge on any atom is -0.389 e. The summed E-state index contributed by atoms with van der Waals surface area (Å²) in [6.07, 6.45) is -0.799. The molecule has 1 N–H and O–H groups in total. The molecule has 0 radical (unpaired) electrons. The summed E-state index contributed by atoms with van der Waals surface area (Å²) in [5.41, 5.74) is 0.302. The molecule has 0 saturated heterocycles. The smallest absolute Gasteiger partial charge is 0.269 e. The molecule has 0 unspecified atom stereocenters. The van der Waals surface area contributed by atoms with E-state index < -0.39 is 11.0 Å². The molecular weight excluding hydrogens is 194 g/mol. The Kier molecular flexibility index (Phi) is 2.85. The summed E-state index contributed by atoms with van der Waals surface area (Å²) in [4.78, 5) is 9.84. The first-order valence-corrected chi connectivity index (χ1v) is 4.02. The van der Waals surface area contributed by atoms with E-state index in [1.807, 2.05) is 0 Å². The second kappa shape index (κ2) is 3.72. The Labute approximate surface area is 79.9 Å². The van der Waals surface area contributed by atoms with Crippen LogP contribution in [0.1, 0.15) is 18.6 Å². The number of nitro benzene ring substituents is 1. The van der Waals surface area contributed by atoms with Crippen LogP contribution in [0.2, 0.25) is 5.02 Å². The maximum absolute atomic E-state index is 10.4. The van der Waals surface area contributed by atoms with Crippen LogP contribution in [-0.4, -0.2) is 10.0 Å². The van der Waals surface area contributed by atoms with Gasteiger partial charge in [0, 0.05) is 22.7 Å². The number of hydrogen-bond donors (Lipinski definition) is 1. The van der Waals surface area contributed by atoms with Crippen LogP contribution in [-0.2, 0) is 0 Å². The third-order valence-corrected chi connectivity index (χ3v) is 1.98. The lowest BCUT2D eigenvalue weighted by molar-refractivity contribution is -0.385. The Morgan fingerprint density at radius 2 is 2.23 bits per heavy atom. The predicted octanol–water partition coefficient (Wildman–Crippen LogP) is 2.30. The molecule has 1 aromatic rings. The van der Waals surface area contributed by atoms with Crippen molar-refractivity contribution in [1.82, 2.24) is 0 Å². The lowest BCUT2D eigenvalue weighted by Gasteiger charge is -2.05. The molecule has 0 aromatic heterocycles. The summed E-state index contributed by atoms with van der Waals surface area (Å²) in [7, 11) is 0. The Morgan fingerprint density at radius 1 is 1.62 bits per heavy atom. The number of nitro groups is 1. The van der Waals surface area contributed by atoms with Gasteiger partial charge in [-0.1, -0.05) is 11.6 Å². The number of non-ortho nitro benzene ring substituents is 1. The maximum atomic E-state index is 10.4. The second-order valence-corrected chi connectivity index (χ2v) is 3.05. The molecule has 0 fully saturated rings. The fraction of sp³-hybridized carbons (Fsp3) is 0.250. The molecule has 1 atom stereocenters. The first-order valence-electron chi connectivity index (χ1n) is 3.64. The molecule has 0 bridgehead atoms. The molecule has 4 nitrogen and oxygen atoms in total. The number of hydrogen-bond acceptors (Lipinski definition) is 3. The first-order chi connectivity index (χ1) is 6.02. The van der Waals surface area contributed by atoms with Crippen molar-refractivity contribution in [2.75, 3.05) is 0 Å². The molecule has 0 aliphatic heterocycles. The number of aliphatic hydroxyl groups is 1. The van der Waals surface area contributed by atoms with E-state index in [0.717, 1.165) is 0 Å². The number of benzene rings is 1. The van der Waals surface area contributed by atoms with Crippen molar-refractivity contribution in [1.29, 1.82) is 0 Å². The quantitative estimate of drug-likeness (QED) is 0.590. The monoisotopic (exact) mass is 201 g/mol. The molecule has 0 aliphatic carbocycles. The average Bonchev–Trinajstić information content (AvgIpc) is 2.04. The Balaban J connectivity index is 3.19. The van der Waals surface area contributed by atoms with E-state index in [1.165, 1.54) is 25.1 Å². The number of aliphatic hydroxyl groups excluding tert-OH is 1. The van der Waals surface area contributed by atoms with E-state index in [4.69, 9.17) is 11.6 Å². The third kappa shape index (κ3) is 2.17. The number of nitrogens with zero attached hydrogens (tertiary/aromatic N) is 1. The van der Waals surface area contributed by atoms with Crippen molar-refractivity contribution in [2.45, 2.75) is 13.0 Å². The molecule has 70 valence electrons. The molecule has 1 aromatic carbocycles.